The van der Waals surface area contributed by atoms with Crippen LogP contribution in [0.4, 0.5) is 0 Å². The van der Waals surface area contributed by atoms with E-state index in [2.05, 4.69) is 31.1 Å². The van der Waals surface area contributed by atoms with E-state index < -0.39 is 0 Å². The summed E-state index contributed by atoms with van der Waals surface area (Å²) in [5.74, 6) is 0. The van der Waals surface area contributed by atoms with Crippen LogP contribution in [0.15, 0.2) is 0 Å². The van der Waals surface area contributed by atoms with Crippen LogP contribution < -0.4 is 5.32 Å². The lowest BCUT2D eigenvalue weighted by molar-refractivity contribution is 0.00771. The Morgan fingerprint density at radius 3 is 2.43 bits per heavy atom. The average Bonchev–Trinajstić information content (AvgIpc) is 2.18. The van der Waals surface area contributed by atoms with E-state index in [1.54, 1.807) is 0 Å². The molecular formula is C11H24N2O. The van der Waals surface area contributed by atoms with Crippen molar-refractivity contribution in [2.45, 2.75) is 38.3 Å². The van der Waals surface area contributed by atoms with Gasteiger partial charge >= 0.3 is 0 Å². The van der Waals surface area contributed by atoms with E-state index in [1.807, 2.05) is 7.05 Å². The minimum Gasteiger partial charge on any atom is -0.381 e. The van der Waals surface area contributed by atoms with E-state index >= 15 is 0 Å². The molecule has 84 valence electrons. The van der Waals surface area contributed by atoms with Gasteiger partial charge in [0.05, 0.1) is 0 Å². The molecule has 0 aliphatic carbocycles. The van der Waals surface area contributed by atoms with E-state index in [1.165, 1.54) is 12.8 Å². The largest absolute Gasteiger partial charge is 0.381 e. The molecule has 0 aromatic heterocycles. The predicted octanol–water partition coefficient (Wildman–Crippen LogP) is 1.10. The number of ether oxygens (including phenoxy) is 1. The molecule has 14 heavy (non-hydrogen) atoms. The highest BCUT2D eigenvalue weighted by Gasteiger charge is 2.29. The minimum absolute atomic E-state index is 0.233. The average molecular weight is 200 g/mol. The van der Waals surface area contributed by atoms with Crippen molar-refractivity contribution in [1.29, 1.82) is 0 Å². The molecule has 0 atom stereocenters. The van der Waals surface area contributed by atoms with Crippen LogP contribution in [-0.4, -0.2) is 50.3 Å². The summed E-state index contributed by atoms with van der Waals surface area (Å²) >= 11 is 0. The zero-order valence-electron chi connectivity index (χ0n) is 9.97. The standard InChI is InChI=1S/C11H24N2O/c1-11(2,9-12-3)13(4)10-5-7-14-8-6-10/h10,12H,5-9H2,1-4H3. The van der Waals surface area contributed by atoms with Gasteiger partial charge in [-0.3, -0.25) is 4.90 Å². The highest BCUT2D eigenvalue weighted by atomic mass is 16.5. The van der Waals surface area contributed by atoms with Gasteiger partial charge in [-0.15, -0.1) is 0 Å². The highest BCUT2D eigenvalue weighted by molar-refractivity contribution is 4.86. The number of likely N-dealkylation sites (N-methyl/N-ethyl adjacent to an activating group) is 2. The maximum Gasteiger partial charge on any atom is 0.0480 e. The Hall–Kier alpha value is -0.120. The maximum atomic E-state index is 5.38. The fraction of sp³-hybridized carbons (Fsp3) is 1.00. The molecule has 3 heteroatoms. The Morgan fingerprint density at radius 1 is 1.36 bits per heavy atom. The first-order valence-electron chi connectivity index (χ1n) is 5.53. The summed E-state index contributed by atoms with van der Waals surface area (Å²) in [6.07, 6.45) is 2.34. The summed E-state index contributed by atoms with van der Waals surface area (Å²) in [6.45, 7) is 7.45. The third-order valence-electron chi connectivity index (χ3n) is 3.30. The first-order chi connectivity index (χ1) is 6.58. The molecule has 3 nitrogen and oxygen atoms in total. The van der Waals surface area contributed by atoms with Crippen molar-refractivity contribution >= 4 is 0 Å². The van der Waals surface area contributed by atoms with Crippen molar-refractivity contribution in [2.75, 3.05) is 33.9 Å². The summed E-state index contributed by atoms with van der Waals surface area (Å²) in [6, 6.07) is 0.687. The molecule has 1 aliphatic rings. The Balaban J connectivity index is 2.48. The third kappa shape index (κ3) is 2.94. The molecule has 1 fully saturated rings. The van der Waals surface area contributed by atoms with Gasteiger partial charge in [0.1, 0.15) is 0 Å². The predicted molar refractivity (Wildman–Crippen MR) is 59.6 cm³/mol. The lowest BCUT2D eigenvalue weighted by Gasteiger charge is -2.42. The van der Waals surface area contributed by atoms with Crippen molar-refractivity contribution in [3.05, 3.63) is 0 Å². The molecule has 0 radical (unpaired) electrons. The van der Waals surface area contributed by atoms with Crippen LogP contribution in [0.3, 0.4) is 0 Å². The van der Waals surface area contributed by atoms with Gasteiger partial charge in [0.15, 0.2) is 0 Å². The number of hydrogen-bond donors (Lipinski definition) is 1. The number of rotatable bonds is 4. The van der Waals surface area contributed by atoms with Crippen LogP contribution in [0.1, 0.15) is 26.7 Å². The van der Waals surface area contributed by atoms with Gasteiger partial charge in [0.2, 0.25) is 0 Å². The SMILES string of the molecule is CNCC(C)(C)N(C)C1CCOCC1. The molecule has 1 aliphatic heterocycles. The molecule has 0 bridgehead atoms. The lowest BCUT2D eigenvalue weighted by Crippen LogP contribution is -2.53. The van der Waals surface area contributed by atoms with Gasteiger partial charge in [-0.1, -0.05) is 0 Å². The molecular weight excluding hydrogens is 176 g/mol. The second-order valence-electron chi connectivity index (χ2n) is 4.80. The maximum absolute atomic E-state index is 5.38. The summed E-state index contributed by atoms with van der Waals surface area (Å²) in [4.78, 5) is 2.49. The monoisotopic (exact) mass is 200 g/mol. The Morgan fingerprint density at radius 2 is 1.93 bits per heavy atom. The van der Waals surface area contributed by atoms with E-state index in [4.69, 9.17) is 4.74 Å². The second kappa shape index (κ2) is 5.10. The number of hydrogen-bond acceptors (Lipinski definition) is 3. The fourth-order valence-electron chi connectivity index (χ4n) is 2.12. The van der Waals surface area contributed by atoms with Gasteiger partial charge in [-0.2, -0.15) is 0 Å². The van der Waals surface area contributed by atoms with Gasteiger partial charge in [0, 0.05) is 31.3 Å². The molecule has 1 N–H and O–H groups in total. The topological polar surface area (TPSA) is 24.5 Å². The molecule has 0 aromatic carbocycles. The summed E-state index contributed by atoms with van der Waals surface area (Å²) in [5, 5.41) is 3.26. The third-order valence-corrected chi connectivity index (χ3v) is 3.30. The Bertz CT molecular complexity index is 165. The van der Waals surface area contributed by atoms with Crippen molar-refractivity contribution in [3.8, 4) is 0 Å². The van der Waals surface area contributed by atoms with Crippen molar-refractivity contribution in [1.82, 2.24) is 10.2 Å². The van der Waals surface area contributed by atoms with E-state index in [-0.39, 0.29) is 5.54 Å². The zero-order valence-corrected chi connectivity index (χ0v) is 9.97. The summed E-state index contributed by atoms with van der Waals surface area (Å²) in [5.41, 5.74) is 0.233. The van der Waals surface area contributed by atoms with Gasteiger partial charge < -0.3 is 10.1 Å². The van der Waals surface area contributed by atoms with Crippen LogP contribution >= 0.6 is 0 Å². The van der Waals surface area contributed by atoms with Crippen LogP contribution in [-0.2, 0) is 4.74 Å². The molecule has 0 amide bonds. The van der Waals surface area contributed by atoms with Gasteiger partial charge in [0.25, 0.3) is 0 Å². The number of nitrogens with one attached hydrogen (secondary N) is 1. The van der Waals surface area contributed by atoms with Crippen molar-refractivity contribution in [3.63, 3.8) is 0 Å². The molecule has 0 saturated carbocycles. The minimum atomic E-state index is 0.233. The smallest absolute Gasteiger partial charge is 0.0480 e. The van der Waals surface area contributed by atoms with Gasteiger partial charge in [-0.05, 0) is 40.8 Å². The molecule has 0 unspecified atom stereocenters. The Kier molecular flexibility index (Phi) is 4.35. The molecule has 0 aromatic rings. The normalized spacial score (nSPS) is 20.4. The van der Waals surface area contributed by atoms with Crippen LogP contribution in [0.5, 0.6) is 0 Å². The first kappa shape index (κ1) is 12.0. The Labute approximate surface area is 87.8 Å². The van der Waals surface area contributed by atoms with E-state index in [0.29, 0.717) is 6.04 Å². The van der Waals surface area contributed by atoms with Crippen LogP contribution in [0.25, 0.3) is 0 Å². The quantitative estimate of drug-likeness (QED) is 0.735. The van der Waals surface area contributed by atoms with Crippen molar-refractivity contribution in [2.24, 2.45) is 0 Å². The first-order valence-corrected chi connectivity index (χ1v) is 5.53. The lowest BCUT2D eigenvalue weighted by atomic mass is 9.97. The summed E-state index contributed by atoms with van der Waals surface area (Å²) < 4.78 is 5.38. The zero-order chi connectivity index (χ0) is 10.6. The number of nitrogens with zero attached hydrogens (tertiary/aromatic N) is 1. The molecule has 1 heterocycles. The fourth-order valence-corrected chi connectivity index (χ4v) is 2.12. The van der Waals surface area contributed by atoms with E-state index in [9.17, 15) is 0 Å². The van der Waals surface area contributed by atoms with Crippen LogP contribution in [0.2, 0.25) is 0 Å². The van der Waals surface area contributed by atoms with Crippen LogP contribution in [0, 0.1) is 0 Å². The molecule has 1 saturated heterocycles. The second-order valence-corrected chi connectivity index (χ2v) is 4.80. The van der Waals surface area contributed by atoms with Gasteiger partial charge in [-0.25, -0.2) is 0 Å². The molecule has 0 spiro atoms. The highest BCUT2D eigenvalue weighted by Crippen LogP contribution is 2.21. The summed E-state index contributed by atoms with van der Waals surface area (Å²) in [7, 11) is 4.24. The van der Waals surface area contributed by atoms with Crippen molar-refractivity contribution < 1.29 is 4.74 Å². The molecule has 1 rings (SSSR count). The van der Waals surface area contributed by atoms with E-state index in [0.717, 1.165) is 19.8 Å².